The second-order valence-electron chi connectivity index (χ2n) is 0.894. The second kappa shape index (κ2) is 15.6. The van der Waals surface area contributed by atoms with E-state index in [1.54, 1.807) is 0 Å². The molecule has 0 aromatic rings. The first-order valence-corrected chi connectivity index (χ1v) is 1.82. The summed E-state index contributed by atoms with van der Waals surface area (Å²) in [4.78, 5) is 0. The molecule has 0 bridgehead atoms. The molecular weight excluding hydrogens is 192 g/mol. The second-order valence-corrected chi connectivity index (χ2v) is 2.29. The molecule has 0 fully saturated rings. The van der Waals surface area contributed by atoms with Gasteiger partial charge >= 0.3 is 38.2 Å². The molecule has 0 aliphatic carbocycles. The Balaban J connectivity index is -0.0000000150. The van der Waals surface area contributed by atoms with E-state index >= 15 is 0 Å². The van der Waals surface area contributed by atoms with Gasteiger partial charge in [0.1, 0.15) is 0 Å². The molecule has 0 rings (SSSR count). The monoisotopic (exact) mass is 200 g/mol. The Hall–Kier alpha value is 1.54. The van der Waals surface area contributed by atoms with Crippen molar-refractivity contribution in [3.8, 4) is 0 Å². The van der Waals surface area contributed by atoms with Crippen molar-refractivity contribution < 1.29 is 20.7 Å². The molecule has 7 heavy (non-hydrogen) atoms. The van der Waals surface area contributed by atoms with Crippen molar-refractivity contribution in [2.75, 3.05) is 14.1 Å². The van der Waals surface area contributed by atoms with Gasteiger partial charge in [0.15, 0.2) is 0 Å². The van der Waals surface area contributed by atoms with Crippen molar-refractivity contribution >= 4 is 37.2 Å². The van der Waals surface area contributed by atoms with Gasteiger partial charge in [-0.05, 0) is 0 Å². The van der Waals surface area contributed by atoms with Crippen molar-refractivity contribution in [1.82, 2.24) is 3.38 Å². The van der Waals surface area contributed by atoms with E-state index in [1.807, 2.05) is 38.2 Å². The molecular formula is C2H9Cl3NTi. The normalized spacial score (nSPS) is 4.86. The molecule has 0 spiro atoms. The Morgan fingerprint density at radius 2 is 1.00 bits per heavy atom. The van der Waals surface area contributed by atoms with Crippen molar-refractivity contribution in [1.29, 1.82) is 0 Å². The fourth-order valence-corrected chi connectivity index (χ4v) is 0. The average Bonchev–Trinajstić information content (AvgIpc) is 0.811. The molecule has 0 amide bonds. The molecule has 0 saturated carbocycles. The maximum atomic E-state index is 2.00. The fourth-order valence-electron chi connectivity index (χ4n) is 0. The van der Waals surface area contributed by atoms with Crippen LogP contribution in [0.1, 0.15) is 0 Å². The SMILES string of the molecule is C[N](C)[Ti].Cl.Cl.Cl. The Morgan fingerprint density at radius 1 is 1.00 bits per heavy atom. The van der Waals surface area contributed by atoms with Gasteiger partial charge in [-0.2, -0.15) is 0 Å². The first kappa shape index (κ1) is 23.5. The van der Waals surface area contributed by atoms with Crippen molar-refractivity contribution in [3.63, 3.8) is 0 Å². The van der Waals surface area contributed by atoms with Gasteiger partial charge < -0.3 is 0 Å². The Kier molecular flexibility index (Phi) is 52.6. The van der Waals surface area contributed by atoms with Gasteiger partial charge in [-0.25, -0.2) is 0 Å². The summed E-state index contributed by atoms with van der Waals surface area (Å²) in [6.07, 6.45) is 0. The predicted molar refractivity (Wildman–Crippen MR) is 35.4 cm³/mol. The molecule has 0 radical (unpaired) electrons. The molecule has 0 aromatic heterocycles. The molecule has 0 aromatic carbocycles. The van der Waals surface area contributed by atoms with Gasteiger partial charge in [-0.3, -0.25) is 0 Å². The number of halogens is 3. The average molecular weight is 201 g/mol. The van der Waals surface area contributed by atoms with Crippen LogP contribution in [-0.2, 0) is 20.7 Å². The van der Waals surface area contributed by atoms with Gasteiger partial charge in [-0.1, -0.05) is 0 Å². The third-order valence-corrected chi connectivity index (χ3v) is 0. The largest absolute Gasteiger partial charge is 0.147 e. The molecule has 1 nitrogen and oxygen atoms in total. The molecule has 0 aliphatic heterocycles. The zero-order valence-corrected chi connectivity index (χ0v) is 8.18. The van der Waals surface area contributed by atoms with E-state index in [9.17, 15) is 0 Å². The molecule has 0 heterocycles. The van der Waals surface area contributed by atoms with Gasteiger partial charge in [0.2, 0.25) is 0 Å². The van der Waals surface area contributed by atoms with Crippen LogP contribution in [0.3, 0.4) is 0 Å². The Bertz CT molecular complexity index is 17.7. The topological polar surface area (TPSA) is 3.24 Å². The van der Waals surface area contributed by atoms with Crippen LogP contribution in [0, 0.1) is 0 Å². The maximum Gasteiger partial charge on any atom is -0.147 e. The predicted octanol–water partition coefficient (Wildman–Crippen LogP) is 1.28. The Labute approximate surface area is 75.2 Å². The number of hydrogen-bond acceptors (Lipinski definition) is 1. The quantitative estimate of drug-likeness (QED) is 0.534. The van der Waals surface area contributed by atoms with E-state index in [0.717, 1.165) is 0 Å². The van der Waals surface area contributed by atoms with Crippen LogP contribution in [0.25, 0.3) is 0 Å². The first-order chi connectivity index (χ1) is 1.73. The van der Waals surface area contributed by atoms with Crippen LogP contribution >= 0.6 is 37.2 Å². The van der Waals surface area contributed by atoms with E-state index in [4.69, 9.17) is 0 Å². The van der Waals surface area contributed by atoms with E-state index in [0.29, 0.717) is 0 Å². The molecule has 47 valence electrons. The van der Waals surface area contributed by atoms with E-state index in [-0.39, 0.29) is 37.2 Å². The van der Waals surface area contributed by atoms with Crippen LogP contribution < -0.4 is 0 Å². The Morgan fingerprint density at radius 3 is 1.00 bits per heavy atom. The minimum absolute atomic E-state index is 0. The van der Waals surface area contributed by atoms with Crippen LogP contribution in [0.5, 0.6) is 0 Å². The number of rotatable bonds is 0. The summed E-state index contributed by atoms with van der Waals surface area (Å²) in [5.74, 6) is 0. The standard InChI is InChI=1S/C2H6N.3ClH.Ti/c1-3-2;;;;/h1-2H3;3*1H;/q-1;;;;+1. The van der Waals surface area contributed by atoms with E-state index in [2.05, 4.69) is 0 Å². The van der Waals surface area contributed by atoms with Gasteiger partial charge in [0.05, 0.1) is 0 Å². The smallest absolute Gasteiger partial charge is 0.147 e. The molecule has 0 N–H and O–H groups in total. The van der Waals surface area contributed by atoms with Crippen LogP contribution in [0.15, 0.2) is 0 Å². The van der Waals surface area contributed by atoms with Crippen molar-refractivity contribution in [2.24, 2.45) is 0 Å². The minimum atomic E-state index is 0. The van der Waals surface area contributed by atoms with E-state index < -0.39 is 0 Å². The van der Waals surface area contributed by atoms with Crippen LogP contribution in [-0.4, -0.2) is 17.5 Å². The molecule has 0 unspecified atom stereocenters. The van der Waals surface area contributed by atoms with Crippen LogP contribution in [0.2, 0.25) is 0 Å². The third-order valence-electron chi connectivity index (χ3n) is 0. The summed E-state index contributed by atoms with van der Waals surface area (Å²) < 4.78 is 2.00. The summed E-state index contributed by atoms with van der Waals surface area (Å²) in [6.45, 7) is 0. The van der Waals surface area contributed by atoms with Crippen molar-refractivity contribution in [3.05, 3.63) is 0 Å². The summed E-state index contributed by atoms with van der Waals surface area (Å²) in [5, 5.41) is 0. The summed E-state index contributed by atoms with van der Waals surface area (Å²) in [5.41, 5.74) is 0. The van der Waals surface area contributed by atoms with Crippen LogP contribution in [0.4, 0.5) is 0 Å². The summed E-state index contributed by atoms with van der Waals surface area (Å²) in [6, 6.07) is 0. The van der Waals surface area contributed by atoms with Gasteiger partial charge in [0, 0.05) is 0 Å². The molecule has 5 heteroatoms. The molecule has 0 saturated heterocycles. The zero-order chi connectivity index (χ0) is 3.58. The summed E-state index contributed by atoms with van der Waals surface area (Å²) in [7, 11) is 4.00. The minimum Gasteiger partial charge on any atom is -0.147 e. The fraction of sp³-hybridized carbons (Fsp3) is 1.00. The van der Waals surface area contributed by atoms with Gasteiger partial charge in [-0.15, -0.1) is 37.2 Å². The van der Waals surface area contributed by atoms with E-state index in [1.165, 1.54) is 0 Å². The molecule has 0 aliphatic rings. The third kappa shape index (κ3) is 97.2. The summed E-state index contributed by atoms with van der Waals surface area (Å²) >= 11 is 2.00. The molecule has 0 atom stereocenters. The zero-order valence-electron chi connectivity index (χ0n) is 4.17. The first-order valence-electron chi connectivity index (χ1n) is 1.12. The number of hydrogen-bond donors (Lipinski definition) is 0. The van der Waals surface area contributed by atoms with Crippen molar-refractivity contribution in [2.45, 2.75) is 0 Å². The number of nitrogens with zero attached hydrogens (tertiary/aromatic N) is 1. The maximum absolute atomic E-state index is 2.00. The van der Waals surface area contributed by atoms with Gasteiger partial charge in [0.25, 0.3) is 0 Å².